The molecule has 0 saturated carbocycles. The van der Waals surface area contributed by atoms with Crippen LogP contribution in [-0.4, -0.2) is 104 Å². The van der Waals surface area contributed by atoms with Gasteiger partial charge in [0, 0.05) is 17.7 Å². The number of aromatic hydroxyl groups is 1. The van der Waals surface area contributed by atoms with Gasteiger partial charge in [-0.2, -0.15) is 0 Å². The first-order valence-corrected chi connectivity index (χ1v) is 12.6. The minimum atomic E-state index is -1.70. The first-order valence-electron chi connectivity index (χ1n) is 12.6. The van der Waals surface area contributed by atoms with E-state index in [1.807, 2.05) is 0 Å². The quantitative estimate of drug-likeness (QED) is 0.196. The van der Waals surface area contributed by atoms with Gasteiger partial charge >= 0.3 is 0 Å². The van der Waals surface area contributed by atoms with Crippen LogP contribution in [0.1, 0.15) is 6.92 Å². The zero-order valence-corrected chi connectivity index (χ0v) is 21.2. The highest BCUT2D eigenvalue weighted by Gasteiger charge is 2.47. The first-order chi connectivity index (χ1) is 19.0. The van der Waals surface area contributed by atoms with E-state index in [-0.39, 0.29) is 33.7 Å². The Morgan fingerprint density at radius 3 is 2.17 bits per heavy atom. The molecule has 5 rings (SSSR count). The van der Waals surface area contributed by atoms with Crippen molar-refractivity contribution in [1.29, 1.82) is 0 Å². The van der Waals surface area contributed by atoms with Crippen molar-refractivity contribution in [1.82, 2.24) is 0 Å². The van der Waals surface area contributed by atoms with Gasteiger partial charge in [-0.3, -0.25) is 4.79 Å². The predicted octanol–water partition coefficient (Wildman–Crippen LogP) is -0.804. The van der Waals surface area contributed by atoms with E-state index in [0.29, 0.717) is 5.56 Å². The summed E-state index contributed by atoms with van der Waals surface area (Å²) in [5.41, 5.74) is 0.398. The van der Waals surface area contributed by atoms with Crippen molar-refractivity contribution in [2.75, 3.05) is 6.61 Å². The average Bonchev–Trinajstić information content (AvgIpc) is 2.94. The maximum Gasteiger partial charge on any atom is 0.229 e. The fourth-order valence-electron chi connectivity index (χ4n) is 4.60. The van der Waals surface area contributed by atoms with Crippen molar-refractivity contribution < 1.29 is 59.1 Å². The van der Waals surface area contributed by atoms with Crippen molar-refractivity contribution in [2.24, 2.45) is 0 Å². The van der Waals surface area contributed by atoms with Crippen LogP contribution in [0.15, 0.2) is 57.7 Å². The first kappa shape index (κ1) is 28.4. The molecule has 2 fully saturated rings. The van der Waals surface area contributed by atoms with Crippen LogP contribution in [0.3, 0.4) is 0 Å². The molecule has 3 aromatic rings. The number of hydrogen-bond donors (Lipinski definition) is 7. The summed E-state index contributed by atoms with van der Waals surface area (Å²) in [5, 5.41) is 71.1. The number of phenolic OH excluding ortho intramolecular Hbond substituents is 1. The normalized spacial score (nSPS) is 34.6. The molecule has 2 aliphatic rings. The van der Waals surface area contributed by atoms with Gasteiger partial charge in [-0.1, -0.05) is 0 Å². The van der Waals surface area contributed by atoms with Crippen LogP contribution >= 0.6 is 0 Å². The number of fused-ring (bicyclic) bond motifs is 1. The molecule has 7 N–H and O–H groups in total. The maximum atomic E-state index is 12.7. The van der Waals surface area contributed by atoms with Gasteiger partial charge in [0.05, 0.1) is 18.1 Å². The Morgan fingerprint density at radius 2 is 1.45 bits per heavy atom. The highest BCUT2D eigenvalue weighted by Crippen LogP contribution is 2.30. The molecule has 2 saturated heterocycles. The lowest BCUT2D eigenvalue weighted by atomic mass is 9.98. The number of rotatable bonds is 6. The minimum Gasteiger partial charge on any atom is -0.508 e. The fraction of sp³-hybridized carbons (Fsp3) is 0.444. The predicted molar refractivity (Wildman–Crippen MR) is 135 cm³/mol. The summed E-state index contributed by atoms with van der Waals surface area (Å²) < 4.78 is 28.1. The zero-order chi connectivity index (χ0) is 28.7. The van der Waals surface area contributed by atoms with E-state index in [1.54, 1.807) is 12.1 Å². The van der Waals surface area contributed by atoms with E-state index in [4.69, 9.17) is 23.4 Å². The third kappa shape index (κ3) is 5.56. The second kappa shape index (κ2) is 11.4. The topological polar surface area (TPSA) is 209 Å². The highest BCUT2D eigenvalue weighted by molar-refractivity contribution is 5.80. The van der Waals surface area contributed by atoms with Crippen LogP contribution in [0.5, 0.6) is 11.5 Å². The van der Waals surface area contributed by atoms with Crippen LogP contribution in [0, 0.1) is 0 Å². The second-order valence-corrected chi connectivity index (χ2v) is 9.83. The van der Waals surface area contributed by atoms with Crippen LogP contribution in [-0.2, 0) is 14.2 Å². The second-order valence-electron chi connectivity index (χ2n) is 9.83. The van der Waals surface area contributed by atoms with Gasteiger partial charge in [0.2, 0.25) is 6.29 Å². The molecule has 2 aromatic carbocycles. The summed E-state index contributed by atoms with van der Waals surface area (Å²) in [6, 6.07) is 11.7. The molecule has 0 spiro atoms. The van der Waals surface area contributed by atoms with E-state index in [2.05, 4.69) is 0 Å². The van der Waals surface area contributed by atoms with Gasteiger partial charge in [-0.05, 0) is 43.3 Å². The Hall–Kier alpha value is -3.11. The fourth-order valence-corrected chi connectivity index (χ4v) is 4.60. The lowest BCUT2D eigenvalue weighted by Crippen LogP contribution is -2.61. The molecule has 0 amide bonds. The minimum absolute atomic E-state index is 0.0537. The van der Waals surface area contributed by atoms with Gasteiger partial charge < -0.3 is 59.1 Å². The highest BCUT2D eigenvalue weighted by atomic mass is 16.7. The van der Waals surface area contributed by atoms with Crippen molar-refractivity contribution in [2.45, 2.75) is 68.3 Å². The van der Waals surface area contributed by atoms with Crippen molar-refractivity contribution in [3.8, 4) is 22.8 Å². The van der Waals surface area contributed by atoms with Gasteiger partial charge in [0.15, 0.2) is 11.7 Å². The van der Waals surface area contributed by atoms with Crippen LogP contribution in [0.25, 0.3) is 22.3 Å². The van der Waals surface area contributed by atoms with Crippen LogP contribution in [0.2, 0.25) is 0 Å². The summed E-state index contributed by atoms with van der Waals surface area (Å²) in [5.74, 6) is 0.416. The molecule has 4 unspecified atom stereocenters. The Labute approximate surface area is 227 Å². The summed E-state index contributed by atoms with van der Waals surface area (Å²) in [6.07, 6.45) is -14.4. The smallest absolute Gasteiger partial charge is 0.229 e. The monoisotopic (exact) mass is 562 g/mol. The summed E-state index contributed by atoms with van der Waals surface area (Å²) in [6.45, 7) is 1.04. The van der Waals surface area contributed by atoms with Crippen molar-refractivity contribution in [3.63, 3.8) is 0 Å². The molecule has 216 valence electrons. The lowest BCUT2D eigenvalue weighted by molar-refractivity contribution is -0.318. The van der Waals surface area contributed by atoms with E-state index in [9.17, 15) is 40.5 Å². The molecule has 13 heteroatoms. The Morgan fingerprint density at radius 1 is 0.775 bits per heavy atom. The van der Waals surface area contributed by atoms with Gasteiger partial charge in [-0.25, -0.2) is 0 Å². The molecule has 0 radical (unpaired) electrons. The Bertz CT molecular complexity index is 1380. The molecule has 2 aliphatic heterocycles. The molecule has 40 heavy (non-hydrogen) atoms. The molecule has 3 heterocycles. The van der Waals surface area contributed by atoms with Gasteiger partial charge in [0.25, 0.3) is 0 Å². The van der Waals surface area contributed by atoms with Crippen molar-refractivity contribution >= 4 is 11.0 Å². The number of aliphatic hydroxyl groups excluding tert-OH is 6. The van der Waals surface area contributed by atoms with Crippen LogP contribution in [0.4, 0.5) is 0 Å². The van der Waals surface area contributed by atoms with Gasteiger partial charge in [-0.15, -0.1) is 0 Å². The number of ether oxygens (including phenoxy) is 4. The van der Waals surface area contributed by atoms with E-state index < -0.39 is 68.0 Å². The van der Waals surface area contributed by atoms with Crippen molar-refractivity contribution in [3.05, 3.63) is 58.8 Å². The molecular weight excluding hydrogens is 532 g/mol. The lowest BCUT2D eigenvalue weighted by Gasteiger charge is -2.42. The van der Waals surface area contributed by atoms with Crippen LogP contribution < -0.4 is 10.2 Å². The molecule has 10 atom stereocenters. The van der Waals surface area contributed by atoms with E-state index >= 15 is 0 Å². The third-order valence-electron chi connectivity index (χ3n) is 7.01. The molecule has 1 aromatic heterocycles. The SMILES string of the molecule is CC1O[C@@H](OCC2O[C@@H](Oc3ccc4c(=O)cc(-c5ccc(O)cc5)oc4c3)C(O)[C@@H](O)[C@@H]2O)C(O)[C@@H](O)[C@H]1O. The molecule has 0 aliphatic carbocycles. The summed E-state index contributed by atoms with van der Waals surface area (Å²) >= 11 is 0. The Balaban J connectivity index is 1.32. The molecule has 0 bridgehead atoms. The molecule has 13 nitrogen and oxygen atoms in total. The summed E-state index contributed by atoms with van der Waals surface area (Å²) in [7, 11) is 0. The number of benzene rings is 2. The maximum absolute atomic E-state index is 12.7. The van der Waals surface area contributed by atoms with E-state index in [0.717, 1.165) is 0 Å². The number of hydrogen-bond acceptors (Lipinski definition) is 13. The largest absolute Gasteiger partial charge is 0.508 e. The number of aliphatic hydroxyl groups is 6. The van der Waals surface area contributed by atoms with E-state index in [1.165, 1.54) is 43.3 Å². The summed E-state index contributed by atoms with van der Waals surface area (Å²) in [4.78, 5) is 12.7. The third-order valence-corrected chi connectivity index (χ3v) is 7.01. The average molecular weight is 563 g/mol. The molecular formula is C27H30O13. The Kier molecular flexibility index (Phi) is 8.10. The number of phenols is 1. The zero-order valence-electron chi connectivity index (χ0n) is 21.2. The van der Waals surface area contributed by atoms with Gasteiger partial charge in [0.1, 0.15) is 65.6 Å². The standard InChI is InChI=1S/C27H30O13/c1-11-20(30)22(32)24(34)26(37-11)36-10-19-21(31)23(33)25(35)27(40-19)38-14-6-7-15-16(29)9-17(39-18(15)8-14)12-2-4-13(28)5-3-12/h2-9,11,19-28,30-35H,10H2,1H3/t11?,19?,20-,21+,22-,23-,24?,25?,26+,27+/m0/s1.